The van der Waals surface area contributed by atoms with Crippen molar-refractivity contribution in [1.29, 1.82) is 0 Å². The highest BCUT2D eigenvalue weighted by molar-refractivity contribution is 14.1. The van der Waals surface area contributed by atoms with Gasteiger partial charge in [0, 0.05) is 4.43 Å². The molecule has 3 aliphatic rings. The van der Waals surface area contributed by atoms with Crippen molar-refractivity contribution in [2.24, 2.45) is 5.41 Å². The van der Waals surface area contributed by atoms with Crippen LogP contribution in [-0.4, -0.2) is 22.6 Å². The van der Waals surface area contributed by atoms with E-state index in [1.165, 1.54) is 12.1 Å². The molecule has 2 bridgehead atoms. The second kappa shape index (κ2) is 5.61. The smallest absolute Gasteiger partial charge is 0.416 e. The van der Waals surface area contributed by atoms with Gasteiger partial charge in [0.2, 0.25) is 0 Å². The summed E-state index contributed by atoms with van der Waals surface area (Å²) in [6.07, 6.45) is -3.79. The molecule has 1 aromatic carbocycles. The number of hydrogen-bond donors (Lipinski definition) is 0. The lowest BCUT2D eigenvalue weighted by Crippen LogP contribution is -2.50. The molecule has 0 N–H and O–H groups in total. The highest BCUT2D eigenvalue weighted by Crippen LogP contribution is 2.68. The van der Waals surface area contributed by atoms with Crippen LogP contribution in [0.4, 0.5) is 13.2 Å². The van der Waals surface area contributed by atoms with Gasteiger partial charge in [-0.25, -0.2) is 0 Å². The summed E-state index contributed by atoms with van der Waals surface area (Å²) >= 11 is 2.21. The minimum absolute atomic E-state index is 0.275. The molecule has 2 saturated heterocycles. The zero-order valence-corrected chi connectivity index (χ0v) is 14.6. The van der Waals surface area contributed by atoms with Crippen LogP contribution in [0.15, 0.2) is 24.3 Å². The van der Waals surface area contributed by atoms with Crippen LogP contribution < -0.4 is 0 Å². The van der Waals surface area contributed by atoms with Gasteiger partial charge in [0.1, 0.15) is 5.41 Å². The van der Waals surface area contributed by atoms with Gasteiger partial charge in [0.25, 0.3) is 0 Å². The molecular formula is C16H16F3IO3. The fourth-order valence-corrected chi connectivity index (χ4v) is 4.33. The molecule has 1 saturated carbocycles. The lowest BCUT2D eigenvalue weighted by molar-refractivity contribution is -0.161. The molecule has 126 valence electrons. The monoisotopic (exact) mass is 440 g/mol. The lowest BCUT2D eigenvalue weighted by atomic mass is 9.60. The van der Waals surface area contributed by atoms with Crippen LogP contribution in [-0.2, 0) is 20.4 Å². The van der Waals surface area contributed by atoms with Gasteiger partial charge >= 0.3 is 12.1 Å². The molecule has 23 heavy (non-hydrogen) atoms. The van der Waals surface area contributed by atoms with Crippen molar-refractivity contribution >= 4 is 28.6 Å². The van der Waals surface area contributed by atoms with Crippen molar-refractivity contribution in [3.8, 4) is 0 Å². The van der Waals surface area contributed by atoms with Crippen LogP contribution in [0.5, 0.6) is 0 Å². The largest absolute Gasteiger partial charge is 0.465 e. The highest BCUT2D eigenvalue weighted by atomic mass is 127. The Morgan fingerprint density at radius 3 is 2.43 bits per heavy atom. The van der Waals surface area contributed by atoms with Gasteiger partial charge in [0.15, 0.2) is 0 Å². The number of rotatable bonds is 4. The summed E-state index contributed by atoms with van der Waals surface area (Å²) in [6.45, 7) is 2.01. The maximum atomic E-state index is 12.7. The number of carbonyl (C=O) groups excluding carboxylic acids is 1. The summed E-state index contributed by atoms with van der Waals surface area (Å²) in [5, 5.41) is 0. The predicted molar refractivity (Wildman–Crippen MR) is 85.2 cm³/mol. The molecule has 3 fully saturated rings. The van der Waals surface area contributed by atoms with Crippen molar-refractivity contribution in [3.05, 3.63) is 35.4 Å². The van der Waals surface area contributed by atoms with Gasteiger partial charge in [-0.15, -0.1) is 0 Å². The molecule has 2 aliphatic heterocycles. The summed E-state index contributed by atoms with van der Waals surface area (Å²) in [5.41, 5.74) is -1.24. The second-order valence-electron chi connectivity index (χ2n) is 6.16. The standard InChI is InChI=1S/C16H16F3IO3/c1-2-22-13(21)15-7-14(8-15,9-20)23-12(15)10-3-5-11(6-4-10)16(17,18)19/h3-6,12H,2,7-9H2,1H3. The number of ether oxygens (including phenoxy) is 2. The van der Waals surface area contributed by atoms with Crippen molar-refractivity contribution in [2.45, 2.75) is 37.6 Å². The lowest BCUT2D eigenvalue weighted by Gasteiger charge is -2.42. The minimum atomic E-state index is -4.38. The van der Waals surface area contributed by atoms with Crippen LogP contribution >= 0.6 is 22.6 Å². The third kappa shape index (κ3) is 2.65. The maximum Gasteiger partial charge on any atom is 0.416 e. The first-order valence-electron chi connectivity index (χ1n) is 7.34. The SMILES string of the molecule is CCOC(=O)C12CC(CI)(C1)OC2c1ccc(C(F)(F)F)cc1. The van der Waals surface area contributed by atoms with Crippen LogP contribution in [0.2, 0.25) is 0 Å². The van der Waals surface area contributed by atoms with Gasteiger partial charge in [-0.2, -0.15) is 13.2 Å². The number of hydrogen-bond acceptors (Lipinski definition) is 3. The van der Waals surface area contributed by atoms with Crippen molar-refractivity contribution < 1.29 is 27.4 Å². The Bertz CT molecular complexity index is 606. The first kappa shape index (κ1) is 17.0. The van der Waals surface area contributed by atoms with E-state index in [4.69, 9.17) is 9.47 Å². The van der Waals surface area contributed by atoms with E-state index in [0.29, 0.717) is 18.4 Å². The molecule has 4 rings (SSSR count). The van der Waals surface area contributed by atoms with Crippen LogP contribution in [0, 0.1) is 5.41 Å². The van der Waals surface area contributed by atoms with Crippen molar-refractivity contribution in [3.63, 3.8) is 0 Å². The van der Waals surface area contributed by atoms with E-state index >= 15 is 0 Å². The fourth-order valence-electron chi connectivity index (χ4n) is 3.62. The minimum Gasteiger partial charge on any atom is -0.465 e. The molecule has 0 spiro atoms. The first-order chi connectivity index (χ1) is 10.8. The average Bonchev–Trinajstić information content (AvgIpc) is 2.98. The molecule has 2 heterocycles. The molecule has 0 aromatic heterocycles. The Morgan fingerprint density at radius 2 is 1.96 bits per heavy atom. The van der Waals surface area contributed by atoms with E-state index in [1.807, 2.05) is 0 Å². The molecule has 1 atom stereocenters. The first-order valence-corrected chi connectivity index (χ1v) is 8.87. The number of benzene rings is 1. The molecule has 1 aromatic rings. The van der Waals surface area contributed by atoms with E-state index in [2.05, 4.69) is 22.6 Å². The summed E-state index contributed by atoms with van der Waals surface area (Å²) in [6, 6.07) is 4.86. The normalized spacial score (nSPS) is 32.5. The third-order valence-corrected chi connectivity index (χ3v) is 6.00. The predicted octanol–water partition coefficient (Wildman–Crippen LogP) is 4.29. The van der Waals surface area contributed by atoms with Gasteiger partial charge in [-0.1, -0.05) is 34.7 Å². The van der Waals surface area contributed by atoms with Crippen LogP contribution in [0.25, 0.3) is 0 Å². The summed E-state index contributed by atoms with van der Waals surface area (Å²) < 4.78 is 50.1. The molecule has 7 heteroatoms. The van der Waals surface area contributed by atoms with Gasteiger partial charge < -0.3 is 9.47 Å². The number of fused-ring (bicyclic) bond motifs is 1. The van der Waals surface area contributed by atoms with E-state index in [0.717, 1.165) is 16.6 Å². The quantitative estimate of drug-likeness (QED) is 0.398. The summed E-state index contributed by atoms with van der Waals surface area (Å²) in [7, 11) is 0. The topological polar surface area (TPSA) is 35.5 Å². The Balaban J connectivity index is 1.90. The summed E-state index contributed by atoms with van der Waals surface area (Å²) in [5.74, 6) is -0.317. The van der Waals surface area contributed by atoms with E-state index < -0.39 is 23.3 Å². The molecular weight excluding hydrogens is 424 g/mol. The van der Waals surface area contributed by atoms with Crippen LogP contribution in [0.3, 0.4) is 0 Å². The van der Waals surface area contributed by atoms with E-state index in [9.17, 15) is 18.0 Å². The molecule has 3 nitrogen and oxygen atoms in total. The zero-order valence-electron chi connectivity index (χ0n) is 12.5. The van der Waals surface area contributed by atoms with Gasteiger partial charge in [-0.05, 0) is 37.5 Å². The fraction of sp³-hybridized carbons (Fsp3) is 0.562. The Morgan fingerprint density at radius 1 is 1.35 bits per heavy atom. The molecule has 1 aliphatic carbocycles. The average molecular weight is 440 g/mol. The Kier molecular flexibility index (Phi) is 4.15. The third-order valence-electron chi connectivity index (χ3n) is 4.61. The maximum absolute atomic E-state index is 12.7. The number of carbonyl (C=O) groups is 1. The van der Waals surface area contributed by atoms with Crippen LogP contribution in [0.1, 0.15) is 37.0 Å². The molecule has 0 amide bonds. The van der Waals surface area contributed by atoms with Crippen molar-refractivity contribution in [2.75, 3.05) is 11.0 Å². The highest BCUT2D eigenvalue weighted by Gasteiger charge is 2.72. The van der Waals surface area contributed by atoms with Gasteiger partial charge in [-0.3, -0.25) is 4.79 Å². The summed E-state index contributed by atoms with van der Waals surface area (Å²) in [4.78, 5) is 12.4. The Labute approximate surface area is 145 Å². The molecule has 0 radical (unpaired) electrons. The number of alkyl halides is 4. The second-order valence-corrected chi connectivity index (χ2v) is 6.93. The van der Waals surface area contributed by atoms with Gasteiger partial charge in [0.05, 0.1) is 23.9 Å². The zero-order chi connectivity index (χ0) is 16.9. The Hall–Kier alpha value is -0.830. The molecule has 1 unspecified atom stereocenters. The van der Waals surface area contributed by atoms with Crippen molar-refractivity contribution in [1.82, 2.24) is 0 Å². The number of esters is 1. The van der Waals surface area contributed by atoms with E-state index in [-0.39, 0.29) is 18.2 Å². The van der Waals surface area contributed by atoms with E-state index in [1.54, 1.807) is 6.92 Å². The number of halogens is 4.